The SMILES string of the molecule is CCCCC(Cc1ccc(N)cc1)C(C)c1ccc(N)cc1. The van der Waals surface area contributed by atoms with E-state index in [4.69, 9.17) is 11.5 Å². The van der Waals surface area contributed by atoms with Gasteiger partial charge in [0.15, 0.2) is 0 Å². The van der Waals surface area contributed by atoms with Crippen molar-refractivity contribution in [2.75, 3.05) is 11.5 Å². The van der Waals surface area contributed by atoms with Gasteiger partial charge in [0.1, 0.15) is 0 Å². The van der Waals surface area contributed by atoms with Crippen LogP contribution < -0.4 is 11.5 Å². The van der Waals surface area contributed by atoms with Gasteiger partial charge in [0.25, 0.3) is 0 Å². The first-order valence-corrected chi connectivity index (χ1v) is 8.30. The van der Waals surface area contributed by atoms with Crippen LogP contribution in [0.5, 0.6) is 0 Å². The van der Waals surface area contributed by atoms with Crippen LogP contribution in [-0.4, -0.2) is 0 Å². The van der Waals surface area contributed by atoms with E-state index in [1.165, 1.54) is 30.4 Å². The maximum absolute atomic E-state index is 5.81. The number of rotatable bonds is 7. The zero-order chi connectivity index (χ0) is 15.9. The molecule has 2 aromatic carbocycles. The molecule has 0 aromatic heterocycles. The van der Waals surface area contributed by atoms with Crippen molar-refractivity contribution in [1.29, 1.82) is 0 Å². The van der Waals surface area contributed by atoms with Crippen LogP contribution in [0.1, 0.15) is 50.2 Å². The summed E-state index contributed by atoms with van der Waals surface area (Å²) in [6.45, 7) is 4.59. The number of nitrogen functional groups attached to an aromatic ring is 2. The van der Waals surface area contributed by atoms with E-state index in [1.807, 2.05) is 24.3 Å². The molecular formula is C20H28N2. The maximum Gasteiger partial charge on any atom is 0.0314 e. The van der Waals surface area contributed by atoms with Gasteiger partial charge in [-0.3, -0.25) is 0 Å². The third-order valence-electron chi connectivity index (χ3n) is 4.58. The Labute approximate surface area is 134 Å². The molecule has 0 aliphatic heterocycles. The third kappa shape index (κ3) is 4.52. The molecule has 0 aliphatic carbocycles. The van der Waals surface area contributed by atoms with Gasteiger partial charge in [0.05, 0.1) is 0 Å². The summed E-state index contributed by atoms with van der Waals surface area (Å²) >= 11 is 0. The lowest BCUT2D eigenvalue weighted by Gasteiger charge is -2.25. The van der Waals surface area contributed by atoms with E-state index in [1.54, 1.807) is 0 Å². The fourth-order valence-corrected chi connectivity index (χ4v) is 3.02. The summed E-state index contributed by atoms with van der Waals surface area (Å²) in [7, 11) is 0. The Bertz CT molecular complexity index is 557. The number of hydrogen-bond donors (Lipinski definition) is 2. The Balaban J connectivity index is 2.13. The van der Waals surface area contributed by atoms with E-state index in [9.17, 15) is 0 Å². The summed E-state index contributed by atoms with van der Waals surface area (Å²) in [6, 6.07) is 16.7. The van der Waals surface area contributed by atoms with E-state index < -0.39 is 0 Å². The van der Waals surface area contributed by atoms with Gasteiger partial charge in [-0.1, -0.05) is 51.0 Å². The van der Waals surface area contributed by atoms with Gasteiger partial charge in [-0.05, 0) is 60.1 Å². The van der Waals surface area contributed by atoms with E-state index in [2.05, 4.69) is 38.1 Å². The van der Waals surface area contributed by atoms with Gasteiger partial charge in [0, 0.05) is 11.4 Å². The van der Waals surface area contributed by atoms with Crippen LogP contribution in [0, 0.1) is 5.92 Å². The summed E-state index contributed by atoms with van der Waals surface area (Å²) in [5.41, 5.74) is 16.0. The molecular weight excluding hydrogens is 268 g/mol. The van der Waals surface area contributed by atoms with Crippen molar-refractivity contribution in [3.05, 3.63) is 59.7 Å². The Hall–Kier alpha value is -1.96. The summed E-state index contributed by atoms with van der Waals surface area (Å²) in [5, 5.41) is 0. The first-order chi connectivity index (χ1) is 10.6. The van der Waals surface area contributed by atoms with Crippen LogP contribution in [0.2, 0.25) is 0 Å². The Morgan fingerprint density at radius 3 is 1.95 bits per heavy atom. The molecule has 22 heavy (non-hydrogen) atoms. The topological polar surface area (TPSA) is 52.0 Å². The van der Waals surface area contributed by atoms with Crippen molar-refractivity contribution in [3.63, 3.8) is 0 Å². The second kappa shape index (κ2) is 7.88. The molecule has 2 heteroatoms. The number of benzene rings is 2. The van der Waals surface area contributed by atoms with E-state index in [0.29, 0.717) is 11.8 Å². The van der Waals surface area contributed by atoms with Crippen molar-refractivity contribution in [2.45, 2.75) is 45.4 Å². The van der Waals surface area contributed by atoms with Crippen LogP contribution in [-0.2, 0) is 6.42 Å². The first kappa shape index (κ1) is 16.4. The second-order valence-corrected chi connectivity index (χ2v) is 6.30. The van der Waals surface area contributed by atoms with Crippen LogP contribution in [0.15, 0.2) is 48.5 Å². The summed E-state index contributed by atoms with van der Waals surface area (Å²) < 4.78 is 0. The zero-order valence-electron chi connectivity index (χ0n) is 13.8. The van der Waals surface area contributed by atoms with Gasteiger partial charge in [-0.2, -0.15) is 0 Å². The monoisotopic (exact) mass is 296 g/mol. The minimum Gasteiger partial charge on any atom is -0.399 e. The predicted molar refractivity (Wildman–Crippen MR) is 96.8 cm³/mol. The lowest BCUT2D eigenvalue weighted by atomic mass is 9.80. The fraction of sp³-hybridized carbons (Fsp3) is 0.400. The molecule has 0 saturated heterocycles. The number of hydrogen-bond acceptors (Lipinski definition) is 2. The van der Waals surface area contributed by atoms with E-state index in [0.717, 1.165) is 17.8 Å². The molecule has 2 unspecified atom stereocenters. The van der Waals surface area contributed by atoms with Crippen LogP contribution in [0.4, 0.5) is 11.4 Å². The molecule has 0 aliphatic rings. The lowest BCUT2D eigenvalue weighted by Crippen LogP contribution is -2.13. The highest BCUT2D eigenvalue weighted by Crippen LogP contribution is 2.31. The molecule has 2 rings (SSSR count). The molecule has 4 N–H and O–H groups in total. The van der Waals surface area contributed by atoms with Gasteiger partial charge < -0.3 is 11.5 Å². The smallest absolute Gasteiger partial charge is 0.0314 e. The molecule has 0 radical (unpaired) electrons. The lowest BCUT2D eigenvalue weighted by molar-refractivity contribution is 0.399. The van der Waals surface area contributed by atoms with Crippen LogP contribution in [0.25, 0.3) is 0 Å². The van der Waals surface area contributed by atoms with Crippen molar-refractivity contribution < 1.29 is 0 Å². The molecule has 0 bridgehead atoms. The van der Waals surface area contributed by atoms with E-state index in [-0.39, 0.29) is 0 Å². The fourth-order valence-electron chi connectivity index (χ4n) is 3.02. The average Bonchev–Trinajstić information content (AvgIpc) is 2.53. The minimum atomic E-state index is 0.532. The van der Waals surface area contributed by atoms with Gasteiger partial charge >= 0.3 is 0 Å². The second-order valence-electron chi connectivity index (χ2n) is 6.30. The number of anilines is 2. The van der Waals surface area contributed by atoms with Crippen molar-refractivity contribution in [1.82, 2.24) is 0 Å². The maximum atomic E-state index is 5.81. The summed E-state index contributed by atoms with van der Waals surface area (Å²) in [5.74, 6) is 1.18. The van der Waals surface area contributed by atoms with Crippen LogP contribution >= 0.6 is 0 Å². The molecule has 0 spiro atoms. The Morgan fingerprint density at radius 2 is 1.41 bits per heavy atom. The summed E-state index contributed by atoms with van der Waals surface area (Å²) in [4.78, 5) is 0. The molecule has 0 saturated carbocycles. The van der Waals surface area contributed by atoms with Gasteiger partial charge in [-0.15, -0.1) is 0 Å². The molecule has 118 valence electrons. The van der Waals surface area contributed by atoms with Gasteiger partial charge in [-0.25, -0.2) is 0 Å². The highest BCUT2D eigenvalue weighted by molar-refractivity contribution is 5.41. The normalized spacial score (nSPS) is 13.7. The first-order valence-electron chi connectivity index (χ1n) is 8.30. The highest BCUT2D eigenvalue weighted by Gasteiger charge is 2.19. The Kier molecular flexibility index (Phi) is 5.88. The average molecular weight is 296 g/mol. The van der Waals surface area contributed by atoms with E-state index >= 15 is 0 Å². The van der Waals surface area contributed by atoms with Crippen molar-refractivity contribution in [2.24, 2.45) is 5.92 Å². The third-order valence-corrected chi connectivity index (χ3v) is 4.58. The number of nitrogens with two attached hydrogens (primary N) is 2. The molecule has 0 amide bonds. The predicted octanol–water partition coefficient (Wildman–Crippen LogP) is 5.00. The van der Waals surface area contributed by atoms with Crippen LogP contribution in [0.3, 0.4) is 0 Å². The highest BCUT2D eigenvalue weighted by atomic mass is 14.5. The summed E-state index contributed by atoms with van der Waals surface area (Å²) in [6.07, 6.45) is 4.88. The van der Waals surface area contributed by atoms with Gasteiger partial charge in [0.2, 0.25) is 0 Å². The van der Waals surface area contributed by atoms with Crippen molar-refractivity contribution >= 4 is 11.4 Å². The quantitative estimate of drug-likeness (QED) is 0.706. The molecule has 2 atom stereocenters. The van der Waals surface area contributed by atoms with Crippen molar-refractivity contribution in [3.8, 4) is 0 Å². The minimum absolute atomic E-state index is 0.532. The molecule has 2 aromatic rings. The Morgan fingerprint density at radius 1 is 0.864 bits per heavy atom. The largest absolute Gasteiger partial charge is 0.399 e. The molecule has 0 heterocycles. The zero-order valence-corrected chi connectivity index (χ0v) is 13.8. The molecule has 0 fully saturated rings. The molecule has 2 nitrogen and oxygen atoms in total. The standard InChI is InChI=1S/C20H28N2/c1-3-4-5-18(14-16-6-10-19(21)11-7-16)15(2)17-8-12-20(22)13-9-17/h6-13,15,18H,3-5,14,21-22H2,1-2H3. The number of unbranched alkanes of at least 4 members (excludes halogenated alkanes) is 1.